The number of hydrogen-bond acceptors (Lipinski definition) is 3. The van der Waals surface area contributed by atoms with Gasteiger partial charge in [0.15, 0.2) is 5.43 Å². The average Bonchev–Trinajstić information content (AvgIpc) is 2.57. The lowest BCUT2D eigenvalue weighted by atomic mass is 10.1. The molecular formula is C17H12O3S. The summed E-state index contributed by atoms with van der Waals surface area (Å²) in [5, 5.41) is 11.6. The third-order valence-electron chi connectivity index (χ3n) is 3.44. The van der Waals surface area contributed by atoms with E-state index in [0.717, 1.165) is 5.39 Å². The van der Waals surface area contributed by atoms with Crippen molar-refractivity contribution < 1.29 is 9.90 Å². The van der Waals surface area contributed by atoms with Gasteiger partial charge < -0.3 is 5.11 Å². The van der Waals surface area contributed by atoms with E-state index in [-0.39, 0.29) is 11.8 Å². The second-order valence-corrected chi connectivity index (χ2v) is 5.38. The molecule has 0 aliphatic carbocycles. The molecule has 0 spiro atoms. The predicted octanol–water partition coefficient (Wildman–Crippen LogP) is 3.27. The van der Waals surface area contributed by atoms with E-state index in [1.54, 1.807) is 18.2 Å². The smallest absolute Gasteiger partial charge is 0.307 e. The van der Waals surface area contributed by atoms with Crippen LogP contribution in [-0.4, -0.2) is 11.1 Å². The molecule has 0 aliphatic heterocycles. The zero-order chi connectivity index (χ0) is 15.0. The molecule has 104 valence electrons. The van der Waals surface area contributed by atoms with E-state index in [9.17, 15) is 9.59 Å². The molecule has 0 heterocycles. The van der Waals surface area contributed by atoms with E-state index in [1.807, 2.05) is 30.3 Å². The molecule has 3 aromatic carbocycles. The van der Waals surface area contributed by atoms with Crippen molar-refractivity contribution in [1.82, 2.24) is 0 Å². The third kappa shape index (κ3) is 2.50. The molecule has 0 fully saturated rings. The molecule has 0 amide bonds. The highest BCUT2D eigenvalue weighted by atomic mass is 32.1. The maximum atomic E-state index is 12.7. The van der Waals surface area contributed by atoms with Crippen LogP contribution in [0.5, 0.6) is 0 Å². The van der Waals surface area contributed by atoms with Gasteiger partial charge in [-0.2, -0.15) is 0 Å². The number of thiol groups is 1. The van der Waals surface area contributed by atoms with Crippen molar-refractivity contribution in [2.45, 2.75) is 11.3 Å². The largest absolute Gasteiger partial charge is 0.481 e. The van der Waals surface area contributed by atoms with Gasteiger partial charge in [0.1, 0.15) is 0 Å². The van der Waals surface area contributed by atoms with Crippen LogP contribution in [0.25, 0.3) is 21.5 Å². The zero-order valence-corrected chi connectivity index (χ0v) is 11.9. The van der Waals surface area contributed by atoms with Crippen LogP contribution in [0.3, 0.4) is 0 Å². The molecule has 0 radical (unpaired) electrons. The van der Waals surface area contributed by atoms with Crippen molar-refractivity contribution >= 4 is 40.1 Å². The second kappa shape index (κ2) is 5.22. The first-order valence-electron chi connectivity index (χ1n) is 6.46. The molecule has 0 unspecified atom stereocenters. The predicted molar refractivity (Wildman–Crippen MR) is 86.3 cm³/mol. The number of carbonyl (C=O) groups is 1. The van der Waals surface area contributed by atoms with Crippen molar-refractivity contribution in [2.75, 3.05) is 0 Å². The molecule has 4 heteroatoms. The van der Waals surface area contributed by atoms with Crippen molar-refractivity contribution in [3.05, 3.63) is 64.3 Å². The monoisotopic (exact) mass is 296 g/mol. The van der Waals surface area contributed by atoms with Gasteiger partial charge in [0.05, 0.1) is 6.42 Å². The molecule has 3 aromatic rings. The molecule has 0 saturated heterocycles. The van der Waals surface area contributed by atoms with E-state index in [0.29, 0.717) is 26.6 Å². The fourth-order valence-electron chi connectivity index (χ4n) is 2.53. The van der Waals surface area contributed by atoms with Crippen molar-refractivity contribution in [3.63, 3.8) is 0 Å². The van der Waals surface area contributed by atoms with Crippen LogP contribution in [0.4, 0.5) is 0 Å². The van der Waals surface area contributed by atoms with Gasteiger partial charge >= 0.3 is 5.97 Å². The Morgan fingerprint density at radius 1 is 1.05 bits per heavy atom. The van der Waals surface area contributed by atoms with Gasteiger partial charge in [0, 0.05) is 15.7 Å². The SMILES string of the molecule is O=C(O)Cc1cc(S)c2c(=O)c3ccccc3ccc2c1. The molecule has 0 saturated carbocycles. The lowest BCUT2D eigenvalue weighted by Gasteiger charge is -2.02. The minimum Gasteiger partial charge on any atom is -0.481 e. The number of fused-ring (bicyclic) bond motifs is 2. The maximum Gasteiger partial charge on any atom is 0.307 e. The number of aliphatic carboxylic acids is 1. The summed E-state index contributed by atoms with van der Waals surface area (Å²) in [4.78, 5) is 24.0. The van der Waals surface area contributed by atoms with E-state index >= 15 is 0 Å². The number of rotatable bonds is 2. The molecule has 1 N–H and O–H groups in total. The Labute approximate surface area is 126 Å². The fraction of sp³-hybridized carbons (Fsp3) is 0.0588. The number of carboxylic acids is 1. The Kier molecular flexibility index (Phi) is 3.39. The van der Waals surface area contributed by atoms with Gasteiger partial charge in [0.2, 0.25) is 0 Å². The summed E-state index contributed by atoms with van der Waals surface area (Å²) >= 11 is 4.38. The minimum atomic E-state index is -0.908. The van der Waals surface area contributed by atoms with Crippen LogP contribution < -0.4 is 5.43 Å². The van der Waals surface area contributed by atoms with Gasteiger partial charge in [-0.25, -0.2) is 0 Å². The van der Waals surface area contributed by atoms with Crippen LogP contribution >= 0.6 is 12.6 Å². The van der Waals surface area contributed by atoms with Crippen molar-refractivity contribution in [3.8, 4) is 0 Å². The third-order valence-corrected chi connectivity index (χ3v) is 3.79. The van der Waals surface area contributed by atoms with Gasteiger partial charge in [0.25, 0.3) is 0 Å². The van der Waals surface area contributed by atoms with Crippen LogP contribution in [0.1, 0.15) is 5.56 Å². The molecule has 0 atom stereocenters. The Morgan fingerprint density at radius 3 is 2.52 bits per heavy atom. The maximum absolute atomic E-state index is 12.7. The Bertz CT molecular complexity index is 932. The number of carboxylic acid groups (broad SMARTS) is 1. The van der Waals surface area contributed by atoms with Crippen molar-refractivity contribution in [1.29, 1.82) is 0 Å². The molecule has 21 heavy (non-hydrogen) atoms. The molecule has 0 aliphatic rings. The van der Waals surface area contributed by atoms with E-state index < -0.39 is 5.97 Å². The summed E-state index contributed by atoms with van der Waals surface area (Å²) in [6, 6.07) is 14.5. The van der Waals surface area contributed by atoms with Crippen LogP contribution in [0.15, 0.2) is 58.2 Å². The Hall–Kier alpha value is -2.33. The summed E-state index contributed by atoms with van der Waals surface area (Å²) in [5.41, 5.74) is 0.548. The average molecular weight is 296 g/mol. The van der Waals surface area contributed by atoms with E-state index in [2.05, 4.69) is 12.6 Å². The van der Waals surface area contributed by atoms with Gasteiger partial charge in [-0.1, -0.05) is 42.5 Å². The molecule has 0 bridgehead atoms. The summed E-state index contributed by atoms with van der Waals surface area (Å²) < 4.78 is 0. The fourth-order valence-corrected chi connectivity index (χ4v) is 2.92. The van der Waals surface area contributed by atoms with Crippen LogP contribution in [0, 0.1) is 0 Å². The standard InChI is InChI=1S/C17H12O3S/c18-15(19)9-10-7-12-6-5-11-3-1-2-4-13(11)17(20)16(12)14(21)8-10/h1-8,21H,9H2,(H,18,19). The van der Waals surface area contributed by atoms with Crippen LogP contribution in [-0.2, 0) is 11.2 Å². The lowest BCUT2D eigenvalue weighted by molar-refractivity contribution is -0.136. The Morgan fingerprint density at radius 2 is 1.76 bits per heavy atom. The first kappa shape index (κ1) is 13.6. The highest BCUT2D eigenvalue weighted by molar-refractivity contribution is 7.80. The van der Waals surface area contributed by atoms with Crippen LogP contribution in [0.2, 0.25) is 0 Å². The summed E-state index contributed by atoms with van der Waals surface area (Å²) in [6.45, 7) is 0. The van der Waals surface area contributed by atoms with Gasteiger partial charge in [-0.3, -0.25) is 9.59 Å². The van der Waals surface area contributed by atoms with E-state index in [1.165, 1.54) is 0 Å². The highest BCUT2D eigenvalue weighted by Crippen LogP contribution is 2.23. The van der Waals surface area contributed by atoms with Gasteiger partial charge in [-0.05, 0) is 22.4 Å². The number of benzene rings is 2. The summed E-state index contributed by atoms with van der Waals surface area (Å²) in [5.74, 6) is -0.908. The Balaban J connectivity index is 2.43. The quantitative estimate of drug-likeness (QED) is 0.714. The normalized spacial score (nSPS) is 10.9. The molecule has 3 nitrogen and oxygen atoms in total. The summed E-state index contributed by atoms with van der Waals surface area (Å²) in [6.07, 6.45) is -0.0875. The van der Waals surface area contributed by atoms with Crippen molar-refractivity contribution in [2.24, 2.45) is 0 Å². The second-order valence-electron chi connectivity index (χ2n) is 4.90. The highest BCUT2D eigenvalue weighted by Gasteiger charge is 2.09. The van der Waals surface area contributed by atoms with E-state index in [4.69, 9.17) is 5.11 Å². The minimum absolute atomic E-state index is 0.0857. The molecular weight excluding hydrogens is 284 g/mol. The lowest BCUT2D eigenvalue weighted by Crippen LogP contribution is -2.03. The first-order chi connectivity index (χ1) is 10.1. The number of hydrogen-bond donors (Lipinski definition) is 2. The first-order valence-corrected chi connectivity index (χ1v) is 6.90. The topological polar surface area (TPSA) is 54.4 Å². The zero-order valence-electron chi connectivity index (χ0n) is 11.0. The van der Waals surface area contributed by atoms with Gasteiger partial charge in [-0.15, -0.1) is 12.6 Å². The molecule has 3 rings (SSSR count). The summed E-state index contributed by atoms with van der Waals surface area (Å²) in [7, 11) is 0. The molecule has 0 aromatic heterocycles.